The average molecular weight is 491 g/mol. The minimum atomic E-state index is -4.45. The second-order valence-electron chi connectivity index (χ2n) is 8.28. The van der Waals surface area contributed by atoms with Crippen LogP contribution in [-0.2, 0) is 15.7 Å². The molecule has 1 aromatic heterocycles. The molecule has 2 aliphatic rings. The highest BCUT2D eigenvalue weighted by Crippen LogP contribution is 2.29. The number of benzene rings is 1. The lowest BCUT2D eigenvalue weighted by Crippen LogP contribution is -2.49. The van der Waals surface area contributed by atoms with E-state index in [2.05, 4.69) is 10.3 Å². The summed E-state index contributed by atoms with van der Waals surface area (Å²) in [5.74, 6) is 0.160. The van der Waals surface area contributed by atoms with Crippen LogP contribution in [0.25, 0.3) is 0 Å². The van der Waals surface area contributed by atoms with Crippen LogP contribution >= 0.6 is 0 Å². The van der Waals surface area contributed by atoms with Gasteiger partial charge in [-0.3, -0.25) is 14.5 Å². The first kappa shape index (κ1) is 24.3. The number of halogens is 3. The molecule has 1 N–H and O–H groups in total. The minimum absolute atomic E-state index is 0.202. The Kier molecular flexibility index (Phi) is 6.81. The van der Waals surface area contributed by atoms with Crippen molar-refractivity contribution in [2.75, 3.05) is 49.1 Å². The van der Waals surface area contributed by atoms with Crippen LogP contribution in [0.5, 0.6) is 0 Å². The lowest BCUT2D eigenvalue weighted by atomic mass is 10.1. The number of anilines is 2. The van der Waals surface area contributed by atoms with E-state index in [0.29, 0.717) is 44.2 Å². The Morgan fingerprint density at radius 1 is 1.09 bits per heavy atom. The Bertz CT molecular complexity index is 1080. The summed E-state index contributed by atoms with van der Waals surface area (Å²) in [6.45, 7) is 3.72. The molecule has 35 heavy (non-hydrogen) atoms. The van der Waals surface area contributed by atoms with Gasteiger partial charge in [0.25, 0.3) is 5.91 Å². The largest absolute Gasteiger partial charge is 0.442 e. The maximum Gasteiger partial charge on any atom is 0.416 e. The highest BCUT2D eigenvalue weighted by Gasteiger charge is 2.33. The molecule has 2 aliphatic heterocycles. The molecule has 186 valence electrons. The molecular formula is C23H24F3N5O4. The average Bonchev–Trinajstić information content (AvgIpc) is 3.22. The number of alkyl halides is 3. The fraction of sp³-hybridized carbons (Fsp3) is 0.391. The van der Waals surface area contributed by atoms with Crippen molar-refractivity contribution in [1.29, 1.82) is 0 Å². The SMILES string of the molecule is CC(=O)NC[C@H]1CN(c2ccc(N3CCN(C(=O)c4ccc(C(F)(F)F)cc4)CC3)nc2)C(=O)O1. The number of pyridine rings is 1. The molecule has 0 spiro atoms. The summed E-state index contributed by atoms with van der Waals surface area (Å²) >= 11 is 0. The third kappa shape index (κ3) is 5.64. The predicted molar refractivity (Wildman–Crippen MR) is 120 cm³/mol. The van der Waals surface area contributed by atoms with E-state index in [1.54, 1.807) is 23.2 Å². The van der Waals surface area contributed by atoms with Crippen molar-refractivity contribution in [1.82, 2.24) is 15.2 Å². The van der Waals surface area contributed by atoms with E-state index in [1.807, 2.05) is 4.90 Å². The Hall–Kier alpha value is -3.83. The molecular weight excluding hydrogens is 467 g/mol. The van der Waals surface area contributed by atoms with E-state index >= 15 is 0 Å². The summed E-state index contributed by atoms with van der Waals surface area (Å²) in [6, 6.07) is 7.74. The number of hydrogen-bond acceptors (Lipinski definition) is 6. The molecule has 2 aromatic rings. The van der Waals surface area contributed by atoms with Crippen molar-refractivity contribution in [3.8, 4) is 0 Å². The molecule has 2 saturated heterocycles. The summed E-state index contributed by atoms with van der Waals surface area (Å²) in [5, 5.41) is 2.62. The molecule has 3 heterocycles. The number of aromatic nitrogens is 1. The Balaban J connectivity index is 1.31. The first-order valence-corrected chi connectivity index (χ1v) is 11.0. The zero-order valence-corrected chi connectivity index (χ0v) is 18.9. The van der Waals surface area contributed by atoms with Gasteiger partial charge in [0, 0.05) is 38.7 Å². The fourth-order valence-corrected chi connectivity index (χ4v) is 3.94. The third-order valence-electron chi connectivity index (χ3n) is 5.85. The van der Waals surface area contributed by atoms with Crippen LogP contribution < -0.4 is 15.1 Å². The minimum Gasteiger partial charge on any atom is -0.442 e. The van der Waals surface area contributed by atoms with E-state index < -0.39 is 23.9 Å². The third-order valence-corrected chi connectivity index (χ3v) is 5.85. The number of hydrogen-bond donors (Lipinski definition) is 1. The summed E-state index contributed by atoms with van der Waals surface area (Å²) in [4.78, 5) is 45.4. The van der Waals surface area contributed by atoms with Gasteiger partial charge >= 0.3 is 12.3 Å². The van der Waals surface area contributed by atoms with Gasteiger partial charge in [0.1, 0.15) is 11.9 Å². The molecule has 12 heteroatoms. The molecule has 4 rings (SSSR count). The summed E-state index contributed by atoms with van der Waals surface area (Å²) in [7, 11) is 0. The van der Waals surface area contributed by atoms with Crippen LogP contribution in [0, 0.1) is 0 Å². The number of amides is 3. The zero-order chi connectivity index (χ0) is 25.2. The van der Waals surface area contributed by atoms with Crippen molar-refractivity contribution in [3.05, 3.63) is 53.7 Å². The van der Waals surface area contributed by atoms with Crippen LogP contribution in [0.4, 0.5) is 29.5 Å². The molecule has 0 bridgehead atoms. The molecule has 2 fully saturated rings. The van der Waals surface area contributed by atoms with Gasteiger partial charge in [-0.25, -0.2) is 9.78 Å². The van der Waals surface area contributed by atoms with Crippen molar-refractivity contribution < 1.29 is 32.3 Å². The highest BCUT2D eigenvalue weighted by molar-refractivity contribution is 5.94. The lowest BCUT2D eigenvalue weighted by Gasteiger charge is -2.35. The molecule has 1 aromatic carbocycles. The fourth-order valence-electron chi connectivity index (χ4n) is 3.94. The van der Waals surface area contributed by atoms with E-state index in [0.717, 1.165) is 12.1 Å². The van der Waals surface area contributed by atoms with Crippen LogP contribution in [0.1, 0.15) is 22.8 Å². The van der Waals surface area contributed by atoms with Crippen molar-refractivity contribution in [2.45, 2.75) is 19.2 Å². The van der Waals surface area contributed by atoms with Gasteiger partial charge in [-0.15, -0.1) is 0 Å². The van der Waals surface area contributed by atoms with Gasteiger partial charge in [0.2, 0.25) is 5.91 Å². The second-order valence-corrected chi connectivity index (χ2v) is 8.28. The van der Waals surface area contributed by atoms with Crippen molar-refractivity contribution >= 4 is 29.4 Å². The number of piperazine rings is 1. The maximum absolute atomic E-state index is 12.7. The number of cyclic esters (lactones) is 1. The van der Waals surface area contributed by atoms with Gasteiger partial charge < -0.3 is 19.9 Å². The van der Waals surface area contributed by atoms with E-state index in [-0.39, 0.29) is 23.9 Å². The molecule has 9 nitrogen and oxygen atoms in total. The molecule has 3 amide bonds. The summed E-state index contributed by atoms with van der Waals surface area (Å²) in [5.41, 5.74) is -0.0118. The van der Waals surface area contributed by atoms with Crippen LogP contribution in [-0.4, -0.2) is 73.2 Å². The number of nitrogens with one attached hydrogen (secondary N) is 1. The van der Waals surface area contributed by atoms with E-state index in [1.165, 1.54) is 24.0 Å². The topological polar surface area (TPSA) is 95.1 Å². The normalized spacial score (nSPS) is 18.5. The van der Waals surface area contributed by atoms with Crippen molar-refractivity contribution in [3.63, 3.8) is 0 Å². The van der Waals surface area contributed by atoms with Crippen LogP contribution in [0.15, 0.2) is 42.6 Å². The first-order chi connectivity index (χ1) is 16.6. The van der Waals surface area contributed by atoms with Gasteiger partial charge in [-0.05, 0) is 36.4 Å². The standard InChI is InChI=1S/C23H24F3N5O4/c1-15(32)27-13-19-14-31(22(34)35-19)18-6-7-20(28-12-18)29-8-10-30(11-9-29)21(33)16-2-4-17(5-3-16)23(24,25)26/h2-7,12,19H,8-11,13-14H2,1H3,(H,27,32)/t19-/m0/s1. The van der Waals surface area contributed by atoms with E-state index in [4.69, 9.17) is 4.74 Å². The van der Waals surface area contributed by atoms with Gasteiger partial charge in [-0.2, -0.15) is 13.2 Å². The Labute approximate surface area is 199 Å². The quantitative estimate of drug-likeness (QED) is 0.691. The maximum atomic E-state index is 12.7. The molecule has 0 saturated carbocycles. The lowest BCUT2D eigenvalue weighted by molar-refractivity contribution is -0.137. The second kappa shape index (κ2) is 9.80. The van der Waals surface area contributed by atoms with Crippen molar-refractivity contribution in [2.24, 2.45) is 0 Å². The smallest absolute Gasteiger partial charge is 0.416 e. The number of rotatable bonds is 5. The monoisotopic (exact) mass is 491 g/mol. The van der Waals surface area contributed by atoms with Gasteiger partial charge in [0.05, 0.1) is 30.5 Å². The zero-order valence-electron chi connectivity index (χ0n) is 18.9. The highest BCUT2D eigenvalue weighted by atomic mass is 19.4. The number of carbonyl (C=O) groups excluding carboxylic acids is 3. The number of ether oxygens (including phenoxy) is 1. The number of carbonyl (C=O) groups is 3. The first-order valence-electron chi connectivity index (χ1n) is 11.0. The van der Waals surface area contributed by atoms with Crippen LogP contribution in [0.3, 0.4) is 0 Å². The van der Waals surface area contributed by atoms with Crippen LogP contribution in [0.2, 0.25) is 0 Å². The molecule has 0 radical (unpaired) electrons. The Morgan fingerprint density at radius 3 is 2.34 bits per heavy atom. The molecule has 0 aliphatic carbocycles. The Morgan fingerprint density at radius 2 is 1.77 bits per heavy atom. The van der Waals surface area contributed by atoms with Gasteiger partial charge in [0.15, 0.2) is 0 Å². The van der Waals surface area contributed by atoms with Gasteiger partial charge in [-0.1, -0.05) is 0 Å². The molecule has 1 atom stereocenters. The summed E-state index contributed by atoms with van der Waals surface area (Å²) < 4.78 is 43.5. The molecule has 0 unspecified atom stereocenters. The predicted octanol–water partition coefficient (Wildman–Crippen LogP) is 2.52. The number of nitrogens with zero attached hydrogens (tertiary/aromatic N) is 4. The van der Waals surface area contributed by atoms with E-state index in [9.17, 15) is 27.6 Å². The summed E-state index contributed by atoms with van der Waals surface area (Å²) in [6.07, 6.45) is -3.83.